The van der Waals surface area contributed by atoms with Crippen LogP contribution in [0.15, 0.2) is 6.07 Å². The highest BCUT2D eigenvalue weighted by Gasteiger charge is 2.27. The fraction of sp³-hybridized carbons (Fsp3) is 0.750. The zero-order valence-electron chi connectivity index (χ0n) is 13.4. The molecule has 1 N–H and O–H groups in total. The highest BCUT2D eigenvalue weighted by molar-refractivity contribution is 5.36. The minimum atomic E-state index is -0.0143. The Bertz CT molecular complexity index is 409. The summed E-state index contributed by atoms with van der Waals surface area (Å²) in [6.45, 7) is 3.39. The molecule has 21 heavy (non-hydrogen) atoms. The molecule has 0 aromatic carbocycles. The molecule has 1 aliphatic rings. The molecule has 1 aliphatic carbocycles. The van der Waals surface area contributed by atoms with E-state index in [0.29, 0.717) is 12.5 Å². The number of nitrogens with one attached hydrogen (secondary N) is 1. The fourth-order valence-electron chi connectivity index (χ4n) is 3.08. The van der Waals surface area contributed by atoms with Crippen LogP contribution < -0.4 is 5.32 Å². The van der Waals surface area contributed by atoms with Crippen LogP contribution in [0.5, 0.6) is 0 Å². The minimum absolute atomic E-state index is 0.0143. The van der Waals surface area contributed by atoms with E-state index in [9.17, 15) is 0 Å². The van der Waals surface area contributed by atoms with Crippen LogP contribution in [0.1, 0.15) is 56.7 Å². The van der Waals surface area contributed by atoms with Gasteiger partial charge < -0.3 is 14.8 Å². The van der Waals surface area contributed by atoms with Gasteiger partial charge in [-0.25, -0.2) is 9.97 Å². The Morgan fingerprint density at radius 1 is 1.24 bits per heavy atom. The molecule has 0 amide bonds. The zero-order valence-corrected chi connectivity index (χ0v) is 13.4. The van der Waals surface area contributed by atoms with Gasteiger partial charge in [-0.05, 0) is 25.7 Å². The average Bonchev–Trinajstić information content (AvgIpc) is 2.50. The van der Waals surface area contributed by atoms with Crippen LogP contribution in [0.4, 0.5) is 5.82 Å². The van der Waals surface area contributed by atoms with E-state index >= 15 is 0 Å². The standard InChI is InChI=1S/C16H27N3O2/c1-4-17-14-10-13(11-20-2)18-16(19-14)15(21-3)12-8-6-5-7-9-12/h10,12,15H,4-9,11H2,1-3H3,(H,17,18,19). The van der Waals surface area contributed by atoms with Gasteiger partial charge in [-0.3, -0.25) is 0 Å². The summed E-state index contributed by atoms with van der Waals surface area (Å²) in [6, 6.07) is 1.95. The van der Waals surface area contributed by atoms with E-state index in [1.807, 2.05) is 6.07 Å². The molecule has 0 aliphatic heterocycles. The summed E-state index contributed by atoms with van der Waals surface area (Å²) in [6.07, 6.45) is 6.28. The van der Waals surface area contributed by atoms with Crippen LogP contribution >= 0.6 is 0 Å². The van der Waals surface area contributed by atoms with Gasteiger partial charge in [0.05, 0.1) is 12.3 Å². The first-order valence-corrected chi connectivity index (χ1v) is 7.92. The topological polar surface area (TPSA) is 56.3 Å². The Morgan fingerprint density at radius 2 is 2.00 bits per heavy atom. The number of hydrogen-bond acceptors (Lipinski definition) is 5. The van der Waals surface area contributed by atoms with Crippen molar-refractivity contribution in [1.82, 2.24) is 9.97 Å². The third-order valence-corrected chi connectivity index (χ3v) is 4.03. The lowest BCUT2D eigenvalue weighted by Gasteiger charge is -2.28. The van der Waals surface area contributed by atoms with Crippen molar-refractivity contribution in [3.05, 3.63) is 17.6 Å². The van der Waals surface area contributed by atoms with Crippen molar-refractivity contribution in [3.63, 3.8) is 0 Å². The Labute approximate surface area is 127 Å². The Hall–Kier alpha value is -1.20. The molecule has 1 saturated carbocycles. The van der Waals surface area contributed by atoms with Crippen molar-refractivity contribution >= 4 is 5.82 Å². The SMILES string of the molecule is CCNc1cc(COC)nc(C(OC)C2CCCCC2)n1. The highest BCUT2D eigenvalue weighted by Crippen LogP contribution is 2.35. The molecule has 1 atom stereocenters. The van der Waals surface area contributed by atoms with Gasteiger partial charge >= 0.3 is 0 Å². The molecule has 0 radical (unpaired) electrons. The lowest BCUT2D eigenvalue weighted by atomic mass is 9.85. The smallest absolute Gasteiger partial charge is 0.160 e. The number of hydrogen-bond donors (Lipinski definition) is 1. The monoisotopic (exact) mass is 293 g/mol. The molecule has 0 bridgehead atoms. The van der Waals surface area contributed by atoms with Gasteiger partial charge in [-0.2, -0.15) is 0 Å². The zero-order chi connectivity index (χ0) is 15.1. The summed E-state index contributed by atoms with van der Waals surface area (Å²) in [5, 5.41) is 3.27. The second-order valence-electron chi connectivity index (χ2n) is 5.62. The van der Waals surface area contributed by atoms with Crippen LogP contribution in [0.25, 0.3) is 0 Å². The van der Waals surface area contributed by atoms with E-state index in [2.05, 4.69) is 22.2 Å². The Morgan fingerprint density at radius 3 is 2.62 bits per heavy atom. The predicted molar refractivity (Wildman–Crippen MR) is 83.2 cm³/mol. The molecule has 1 fully saturated rings. The van der Waals surface area contributed by atoms with Crippen molar-refractivity contribution in [3.8, 4) is 0 Å². The van der Waals surface area contributed by atoms with Crippen molar-refractivity contribution in [1.29, 1.82) is 0 Å². The third kappa shape index (κ3) is 4.38. The average molecular weight is 293 g/mol. The number of rotatable bonds is 7. The van der Waals surface area contributed by atoms with E-state index in [1.54, 1.807) is 14.2 Å². The van der Waals surface area contributed by atoms with E-state index in [4.69, 9.17) is 9.47 Å². The largest absolute Gasteiger partial charge is 0.378 e. The van der Waals surface area contributed by atoms with Crippen LogP contribution in [-0.2, 0) is 16.1 Å². The summed E-state index contributed by atoms with van der Waals surface area (Å²) in [5.41, 5.74) is 0.899. The quantitative estimate of drug-likeness (QED) is 0.835. The van der Waals surface area contributed by atoms with Crippen molar-refractivity contribution in [2.24, 2.45) is 5.92 Å². The lowest BCUT2D eigenvalue weighted by Crippen LogP contribution is -2.21. The molecule has 1 aromatic rings. The summed E-state index contributed by atoms with van der Waals surface area (Å²) < 4.78 is 11.0. The Kier molecular flexibility index (Phi) is 6.39. The number of aromatic nitrogens is 2. The molecule has 118 valence electrons. The van der Waals surface area contributed by atoms with Crippen LogP contribution in [0.2, 0.25) is 0 Å². The minimum Gasteiger partial charge on any atom is -0.378 e. The highest BCUT2D eigenvalue weighted by atomic mass is 16.5. The summed E-state index contributed by atoms with van der Waals surface area (Å²) in [7, 11) is 3.45. The number of nitrogens with zero attached hydrogens (tertiary/aromatic N) is 2. The first kappa shape index (κ1) is 16.2. The molecule has 0 saturated heterocycles. The second-order valence-corrected chi connectivity index (χ2v) is 5.62. The van der Waals surface area contributed by atoms with Gasteiger partial charge in [-0.15, -0.1) is 0 Å². The molecule has 1 aromatic heterocycles. The van der Waals surface area contributed by atoms with Crippen molar-refractivity contribution < 1.29 is 9.47 Å². The second kappa shape index (κ2) is 8.29. The third-order valence-electron chi connectivity index (χ3n) is 4.03. The molecule has 0 spiro atoms. The predicted octanol–water partition coefficient (Wildman–Crippen LogP) is 3.32. The van der Waals surface area contributed by atoms with E-state index < -0.39 is 0 Å². The summed E-state index contributed by atoms with van der Waals surface area (Å²) in [4.78, 5) is 9.30. The summed E-state index contributed by atoms with van der Waals surface area (Å²) >= 11 is 0. The first-order valence-electron chi connectivity index (χ1n) is 7.92. The molecule has 1 unspecified atom stereocenters. The van der Waals surface area contributed by atoms with Gasteiger partial charge in [0, 0.05) is 26.8 Å². The maximum absolute atomic E-state index is 5.75. The van der Waals surface area contributed by atoms with Crippen molar-refractivity contribution in [2.75, 3.05) is 26.1 Å². The van der Waals surface area contributed by atoms with Gasteiger partial charge in [-0.1, -0.05) is 19.3 Å². The van der Waals surface area contributed by atoms with Crippen LogP contribution in [-0.4, -0.2) is 30.7 Å². The fourth-order valence-corrected chi connectivity index (χ4v) is 3.08. The maximum atomic E-state index is 5.75. The molecule has 1 heterocycles. The lowest BCUT2D eigenvalue weighted by molar-refractivity contribution is 0.0286. The number of methoxy groups -OCH3 is 2. The van der Waals surface area contributed by atoms with E-state index in [1.165, 1.54) is 32.1 Å². The maximum Gasteiger partial charge on any atom is 0.160 e. The van der Waals surface area contributed by atoms with Crippen molar-refractivity contribution in [2.45, 2.75) is 51.7 Å². The summed E-state index contributed by atoms with van der Waals surface area (Å²) in [5.74, 6) is 2.17. The Balaban J connectivity index is 2.25. The molecule has 5 nitrogen and oxygen atoms in total. The molecule has 5 heteroatoms. The molecule has 2 rings (SSSR count). The number of anilines is 1. The van der Waals surface area contributed by atoms with Crippen LogP contribution in [0.3, 0.4) is 0 Å². The van der Waals surface area contributed by atoms with Gasteiger partial charge in [0.1, 0.15) is 11.9 Å². The molecular weight excluding hydrogens is 266 g/mol. The molecular formula is C16H27N3O2. The van der Waals surface area contributed by atoms with Gasteiger partial charge in [0.25, 0.3) is 0 Å². The normalized spacial score (nSPS) is 17.7. The van der Waals surface area contributed by atoms with E-state index in [-0.39, 0.29) is 6.10 Å². The first-order chi connectivity index (χ1) is 10.3. The van der Waals surface area contributed by atoms with Gasteiger partial charge in [0.15, 0.2) is 5.82 Å². The van der Waals surface area contributed by atoms with Crippen LogP contribution in [0, 0.1) is 5.92 Å². The van der Waals surface area contributed by atoms with Gasteiger partial charge in [0.2, 0.25) is 0 Å². The number of ether oxygens (including phenoxy) is 2. The van der Waals surface area contributed by atoms with E-state index in [0.717, 1.165) is 23.9 Å².